The van der Waals surface area contributed by atoms with Crippen LogP contribution < -0.4 is 15.4 Å². The lowest BCUT2D eigenvalue weighted by Gasteiger charge is -2.37. The Kier molecular flexibility index (Phi) is 5.74. The Labute approximate surface area is 128 Å². The van der Waals surface area contributed by atoms with Gasteiger partial charge in [0.1, 0.15) is 5.75 Å². The van der Waals surface area contributed by atoms with E-state index in [1.807, 2.05) is 6.07 Å². The smallest absolute Gasteiger partial charge is 0.123 e. The minimum atomic E-state index is 0.734. The van der Waals surface area contributed by atoms with Crippen LogP contribution in [-0.2, 0) is 0 Å². The first-order valence-electron chi connectivity index (χ1n) is 8.09. The van der Waals surface area contributed by atoms with Crippen LogP contribution in [-0.4, -0.2) is 44.2 Å². The maximum Gasteiger partial charge on any atom is 0.123 e. The fraction of sp³-hybridized carbons (Fsp3) is 0.647. The summed E-state index contributed by atoms with van der Waals surface area (Å²) in [5.74, 6) is 1.62. The summed E-state index contributed by atoms with van der Waals surface area (Å²) in [7, 11) is 0. The van der Waals surface area contributed by atoms with Crippen LogP contribution in [0, 0.1) is 5.92 Å². The zero-order chi connectivity index (χ0) is 15.2. The average molecular weight is 291 g/mol. The Bertz CT molecular complexity index is 440. The Hall–Kier alpha value is -1.42. The Morgan fingerprint density at radius 3 is 2.48 bits per heavy atom. The molecular formula is C17H29N3O. The molecule has 0 amide bonds. The third kappa shape index (κ3) is 4.81. The van der Waals surface area contributed by atoms with Crippen LogP contribution in [0.1, 0.15) is 27.2 Å². The minimum Gasteiger partial charge on any atom is -0.493 e. The average Bonchev–Trinajstić information content (AvgIpc) is 2.44. The van der Waals surface area contributed by atoms with Gasteiger partial charge >= 0.3 is 0 Å². The van der Waals surface area contributed by atoms with Gasteiger partial charge in [-0.2, -0.15) is 0 Å². The number of benzene rings is 1. The van der Waals surface area contributed by atoms with E-state index in [9.17, 15) is 0 Å². The maximum absolute atomic E-state index is 6.01. The normalized spacial score (nSPS) is 16.5. The zero-order valence-corrected chi connectivity index (χ0v) is 13.6. The molecule has 1 fully saturated rings. The molecule has 0 saturated carbocycles. The molecule has 2 N–H and O–H groups in total. The van der Waals surface area contributed by atoms with E-state index in [1.165, 1.54) is 12.2 Å². The van der Waals surface area contributed by atoms with Crippen LogP contribution >= 0.6 is 0 Å². The van der Waals surface area contributed by atoms with Gasteiger partial charge < -0.3 is 15.4 Å². The van der Waals surface area contributed by atoms with Gasteiger partial charge in [-0.15, -0.1) is 0 Å². The van der Waals surface area contributed by atoms with Crippen molar-refractivity contribution in [3.8, 4) is 5.75 Å². The number of rotatable bonds is 6. The number of hydrogen-bond donors (Lipinski definition) is 1. The van der Waals surface area contributed by atoms with Gasteiger partial charge in [-0.25, -0.2) is 0 Å². The van der Waals surface area contributed by atoms with E-state index in [1.54, 1.807) is 0 Å². The summed E-state index contributed by atoms with van der Waals surface area (Å²) in [5, 5.41) is 0. The number of piperazine rings is 1. The van der Waals surface area contributed by atoms with Crippen molar-refractivity contribution < 1.29 is 4.74 Å². The summed E-state index contributed by atoms with van der Waals surface area (Å²) < 4.78 is 5.72. The van der Waals surface area contributed by atoms with Crippen LogP contribution in [0.2, 0.25) is 0 Å². The van der Waals surface area contributed by atoms with E-state index in [-0.39, 0.29) is 0 Å². The molecule has 2 rings (SSSR count). The second-order valence-corrected chi connectivity index (χ2v) is 6.29. The van der Waals surface area contributed by atoms with Gasteiger partial charge in [0.15, 0.2) is 0 Å². The van der Waals surface area contributed by atoms with Gasteiger partial charge in [-0.05, 0) is 18.4 Å². The third-order valence-corrected chi connectivity index (χ3v) is 3.75. The van der Waals surface area contributed by atoms with E-state index < -0.39 is 0 Å². The number of ether oxygens (including phenoxy) is 1. The molecule has 1 aliphatic heterocycles. The second-order valence-electron chi connectivity index (χ2n) is 6.29. The third-order valence-electron chi connectivity index (χ3n) is 3.75. The number of hydrogen-bond acceptors (Lipinski definition) is 4. The predicted molar refractivity (Wildman–Crippen MR) is 90.1 cm³/mol. The van der Waals surface area contributed by atoms with Crippen molar-refractivity contribution in [2.24, 2.45) is 5.92 Å². The zero-order valence-electron chi connectivity index (χ0n) is 13.6. The first kappa shape index (κ1) is 16.0. The lowest BCUT2D eigenvalue weighted by Crippen LogP contribution is -2.47. The van der Waals surface area contributed by atoms with Gasteiger partial charge in [0.05, 0.1) is 6.61 Å². The van der Waals surface area contributed by atoms with Crippen molar-refractivity contribution in [3.05, 3.63) is 18.2 Å². The van der Waals surface area contributed by atoms with E-state index in [4.69, 9.17) is 10.5 Å². The summed E-state index contributed by atoms with van der Waals surface area (Å²) in [6.45, 7) is 13.0. The molecule has 0 aromatic heterocycles. The van der Waals surface area contributed by atoms with Crippen molar-refractivity contribution in [2.45, 2.75) is 27.2 Å². The summed E-state index contributed by atoms with van der Waals surface area (Å²) in [6, 6.07) is 6.08. The number of nitrogens with two attached hydrogens (primary N) is 1. The Morgan fingerprint density at radius 1 is 1.14 bits per heavy atom. The molecule has 1 aromatic carbocycles. The van der Waals surface area contributed by atoms with Crippen LogP contribution in [0.25, 0.3) is 0 Å². The lowest BCUT2D eigenvalue weighted by atomic mass is 10.1. The molecule has 1 heterocycles. The van der Waals surface area contributed by atoms with Crippen LogP contribution in [0.4, 0.5) is 11.4 Å². The van der Waals surface area contributed by atoms with Crippen molar-refractivity contribution in [1.29, 1.82) is 0 Å². The molecule has 21 heavy (non-hydrogen) atoms. The molecule has 0 aliphatic carbocycles. The topological polar surface area (TPSA) is 41.7 Å². The van der Waals surface area contributed by atoms with E-state index in [0.29, 0.717) is 0 Å². The Morgan fingerprint density at radius 2 is 1.86 bits per heavy atom. The van der Waals surface area contributed by atoms with E-state index in [2.05, 4.69) is 42.7 Å². The van der Waals surface area contributed by atoms with Crippen molar-refractivity contribution >= 4 is 11.4 Å². The quantitative estimate of drug-likeness (QED) is 0.818. The largest absolute Gasteiger partial charge is 0.493 e. The number of nitrogen functional groups attached to an aromatic ring is 1. The molecule has 0 radical (unpaired) electrons. The molecule has 1 aliphatic rings. The molecule has 1 aromatic rings. The van der Waals surface area contributed by atoms with Gasteiger partial charge in [-0.3, -0.25) is 4.90 Å². The van der Waals surface area contributed by atoms with Crippen LogP contribution in [0.3, 0.4) is 0 Å². The minimum absolute atomic E-state index is 0.734. The van der Waals surface area contributed by atoms with Crippen molar-refractivity contribution in [1.82, 2.24) is 4.90 Å². The Balaban J connectivity index is 1.97. The van der Waals surface area contributed by atoms with Gasteiger partial charge in [0.25, 0.3) is 0 Å². The van der Waals surface area contributed by atoms with E-state index in [0.717, 1.165) is 56.6 Å². The van der Waals surface area contributed by atoms with Gasteiger partial charge in [-0.1, -0.05) is 20.8 Å². The SMILES string of the molecule is CCCOc1cc(N)cc(N2CCN(CC(C)C)CC2)c1. The molecule has 1 saturated heterocycles. The molecule has 4 nitrogen and oxygen atoms in total. The molecule has 0 unspecified atom stereocenters. The lowest BCUT2D eigenvalue weighted by molar-refractivity contribution is 0.231. The van der Waals surface area contributed by atoms with Crippen molar-refractivity contribution in [3.63, 3.8) is 0 Å². The first-order chi connectivity index (χ1) is 10.1. The highest BCUT2D eigenvalue weighted by Crippen LogP contribution is 2.26. The standard InChI is InChI=1S/C17H29N3O/c1-4-9-21-17-11-15(18)10-16(12-17)20-7-5-19(6-8-20)13-14(2)3/h10-12,14H,4-9,13,18H2,1-3H3. The molecule has 0 atom stereocenters. The van der Waals surface area contributed by atoms with Crippen LogP contribution in [0.15, 0.2) is 18.2 Å². The first-order valence-corrected chi connectivity index (χ1v) is 8.09. The fourth-order valence-corrected chi connectivity index (χ4v) is 2.80. The van der Waals surface area contributed by atoms with E-state index >= 15 is 0 Å². The van der Waals surface area contributed by atoms with Crippen molar-refractivity contribution in [2.75, 3.05) is 50.0 Å². The number of nitrogens with zero attached hydrogens (tertiary/aromatic N) is 2. The highest BCUT2D eigenvalue weighted by molar-refractivity contribution is 5.60. The summed E-state index contributed by atoms with van der Waals surface area (Å²) >= 11 is 0. The molecule has 0 bridgehead atoms. The highest BCUT2D eigenvalue weighted by Gasteiger charge is 2.18. The highest BCUT2D eigenvalue weighted by atomic mass is 16.5. The fourth-order valence-electron chi connectivity index (χ4n) is 2.80. The molecule has 0 spiro atoms. The molecule has 118 valence electrons. The second kappa shape index (κ2) is 7.55. The van der Waals surface area contributed by atoms with Crippen LogP contribution in [0.5, 0.6) is 5.75 Å². The predicted octanol–water partition coefficient (Wildman–Crippen LogP) is 2.84. The summed E-state index contributed by atoms with van der Waals surface area (Å²) in [6.07, 6.45) is 1.01. The molecular weight excluding hydrogens is 262 g/mol. The number of anilines is 2. The summed E-state index contributed by atoms with van der Waals surface area (Å²) in [4.78, 5) is 4.95. The summed E-state index contributed by atoms with van der Waals surface area (Å²) in [5.41, 5.74) is 7.98. The monoisotopic (exact) mass is 291 g/mol. The van der Waals surface area contributed by atoms with Gasteiger partial charge in [0, 0.05) is 56.2 Å². The molecule has 4 heteroatoms. The maximum atomic E-state index is 6.01. The van der Waals surface area contributed by atoms with Gasteiger partial charge in [0.2, 0.25) is 0 Å².